The van der Waals surface area contributed by atoms with E-state index in [1.807, 2.05) is 0 Å². The molecule has 0 aliphatic heterocycles. The fraction of sp³-hybridized carbons (Fsp3) is 0.0526. The molecule has 0 spiro atoms. The van der Waals surface area contributed by atoms with Crippen LogP contribution in [0.1, 0.15) is 0 Å². The second kappa shape index (κ2) is 5.96. The van der Waals surface area contributed by atoms with Gasteiger partial charge in [0.1, 0.15) is 0 Å². The molecule has 0 atom stereocenters. The largest absolute Gasteiger partial charge is 0.210 e. The molecular formula is C19H15BF3-. The highest BCUT2D eigenvalue weighted by Gasteiger charge is 2.31. The average Bonchev–Trinajstić information content (AvgIpc) is 2.55. The van der Waals surface area contributed by atoms with Crippen molar-refractivity contribution in [2.24, 2.45) is 0 Å². The molecule has 0 N–H and O–H groups in total. The van der Waals surface area contributed by atoms with Crippen LogP contribution in [0.15, 0.2) is 72.8 Å². The van der Waals surface area contributed by atoms with Crippen molar-refractivity contribution in [3.8, 4) is 0 Å². The minimum absolute atomic E-state index is 0.294. The average molecular weight is 311 g/mol. The molecule has 0 bridgehead atoms. The molecule has 0 saturated carbocycles. The van der Waals surface area contributed by atoms with Crippen molar-refractivity contribution in [2.75, 3.05) is 0 Å². The number of halogens is 3. The lowest BCUT2D eigenvalue weighted by Crippen LogP contribution is -2.67. The van der Waals surface area contributed by atoms with Crippen LogP contribution in [-0.4, -0.2) is 6.15 Å². The first-order valence-corrected chi connectivity index (χ1v) is 7.49. The molecule has 23 heavy (non-hydrogen) atoms. The van der Waals surface area contributed by atoms with Gasteiger partial charge in [0, 0.05) is 0 Å². The molecule has 0 aliphatic rings. The SMILES string of the molecule is C[B-](c1ccccc1F)(c1ccccc1F)c1ccccc1F. The smallest absolute Gasteiger partial charge is 0.0895 e. The maximum atomic E-state index is 14.5. The van der Waals surface area contributed by atoms with E-state index in [1.54, 1.807) is 61.4 Å². The zero-order valence-corrected chi connectivity index (χ0v) is 12.6. The first-order valence-electron chi connectivity index (χ1n) is 7.49. The van der Waals surface area contributed by atoms with E-state index in [9.17, 15) is 13.2 Å². The summed E-state index contributed by atoms with van der Waals surface area (Å²) in [5.41, 5.74) is 0.883. The predicted molar refractivity (Wildman–Crippen MR) is 89.7 cm³/mol. The van der Waals surface area contributed by atoms with Gasteiger partial charge in [-0.1, -0.05) is 54.6 Å². The Kier molecular flexibility index (Phi) is 3.99. The van der Waals surface area contributed by atoms with Crippen molar-refractivity contribution in [2.45, 2.75) is 6.82 Å². The van der Waals surface area contributed by atoms with Crippen LogP contribution in [0.4, 0.5) is 13.2 Å². The zero-order chi connectivity index (χ0) is 16.4. The quantitative estimate of drug-likeness (QED) is 0.652. The van der Waals surface area contributed by atoms with E-state index in [2.05, 4.69) is 0 Å². The normalized spacial score (nSPS) is 11.5. The lowest BCUT2D eigenvalue weighted by Gasteiger charge is -2.39. The van der Waals surface area contributed by atoms with Gasteiger partial charge in [-0.05, 0) is 18.2 Å². The highest BCUT2D eigenvalue weighted by molar-refractivity contribution is 7.10. The van der Waals surface area contributed by atoms with Gasteiger partial charge in [0.2, 0.25) is 0 Å². The fourth-order valence-corrected chi connectivity index (χ4v) is 3.33. The monoisotopic (exact) mass is 311 g/mol. The van der Waals surface area contributed by atoms with Gasteiger partial charge in [-0.3, -0.25) is 0 Å². The van der Waals surface area contributed by atoms with E-state index < -0.39 is 23.6 Å². The summed E-state index contributed by atoms with van der Waals surface area (Å²) in [6.45, 7) is 1.70. The summed E-state index contributed by atoms with van der Waals surface area (Å²) in [7, 11) is 0. The molecule has 3 rings (SSSR count). The van der Waals surface area contributed by atoms with Crippen molar-refractivity contribution in [3.05, 3.63) is 90.2 Å². The van der Waals surface area contributed by atoms with E-state index in [-0.39, 0.29) is 0 Å². The third-order valence-electron chi connectivity index (χ3n) is 4.58. The summed E-state index contributed by atoms with van der Waals surface area (Å²) < 4.78 is 43.5. The standard InChI is InChI=1S/C19H15BF3/c1-20(14-8-2-5-11-17(14)21,15-9-3-6-12-18(15)22)16-10-4-7-13-19(16)23/h2-13H,1H3/q-1. The predicted octanol–water partition coefficient (Wildman–Crippen LogP) is 3.20. The van der Waals surface area contributed by atoms with Crippen LogP contribution < -0.4 is 16.4 Å². The van der Waals surface area contributed by atoms with E-state index >= 15 is 0 Å². The molecule has 116 valence electrons. The van der Waals surface area contributed by atoms with Gasteiger partial charge < -0.3 is 0 Å². The maximum Gasteiger partial charge on any atom is 0.0895 e. The first-order chi connectivity index (χ1) is 11.0. The fourth-order valence-electron chi connectivity index (χ4n) is 3.33. The van der Waals surface area contributed by atoms with Crippen molar-refractivity contribution < 1.29 is 13.2 Å². The van der Waals surface area contributed by atoms with Crippen molar-refractivity contribution in [3.63, 3.8) is 0 Å². The van der Waals surface area contributed by atoms with Crippen LogP contribution in [0, 0.1) is 17.5 Å². The third-order valence-corrected chi connectivity index (χ3v) is 4.58. The molecule has 0 amide bonds. The van der Waals surface area contributed by atoms with Crippen LogP contribution in [-0.2, 0) is 0 Å². The summed E-state index contributed by atoms with van der Waals surface area (Å²) >= 11 is 0. The van der Waals surface area contributed by atoms with Gasteiger partial charge in [0.25, 0.3) is 0 Å². The Morgan fingerprint density at radius 3 is 1.04 bits per heavy atom. The molecular weight excluding hydrogens is 296 g/mol. The van der Waals surface area contributed by atoms with Gasteiger partial charge in [-0.2, -0.15) is 23.2 Å². The first kappa shape index (κ1) is 15.4. The maximum absolute atomic E-state index is 14.5. The number of hydrogen-bond donors (Lipinski definition) is 0. The summed E-state index contributed by atoms with van der Waals surface area (Å²) in [4.78, 5) is 0. The Labute approximate surface area is 133 Å². The molecule has 0 heterocycles. The van der Waals surface area contributed by atoms with Gasteiger partial charge in [0.15, 0.2) is 0 Å². The summed E-state index contributed by atoms with van der Waals surface area (Å²) in [6.07, 6.45) is -2.11. The van der Waals surface area contributed by atoms with Gasteiger partial charge in [-0.15, -0.1) is 0 Å². The van der Waals surface area contributed by atoms with Crippen molar-refractivity contribution in [1.82, 2.24) is 0 Å². The van der Waals surface area contributed by atoms with E-state index in [0.29, 0.717) is 16.4 Å². The lowest BCUT2D eigenvalue weighted by molar-refractivity contribution is 0.629. The van der Waals surface area contributed by atoms with Crippen molar-refractivity contribution in [1.29, 1.82) is 0 Å². The zero-order valence-electron chi connectivity index (χ0n) is 12.6. The lowest BCUT2D eigenvalue weighted by atomic mass is 9.17. The van der Waals surface area contributed by atoms with Crippen LogP contribution in [0.25, 0.3) is 0 Å². The molecule has 0 nitrogen and oxygen atoms in total. The molecule has 0 aliphatic carbocycles. The van der Waals surface area contributed by atoms with E-state index in [1.165, 1.54) is 18.2 Å². The minimum Gasteiger partial charge on any atom is -0.210 e. The Balaban J connectivity index is 2.38. The highest BCUT2D eigenvalue weighted by Crippen LogP contribution is 2.13. The Morgan fingerprint density at radius 1 is 0.522 bits per heavy atom. The molecule has 0 aromatic heterocycles. The molecule has 3 aromatic carbocycles. The Bertz CT molecular complexity index is 734. The third kappa shape index (κ3) is 2.54. The van der Waals surface area contributed by atoms with Gasteiger partial charge >= 0.3 is 0 Å². The molecule has 0 saturated heterocycles. The van der Waals surface area contributed by atoms with E-state index in [4.69, 9.17) is 0 Å². The molecule has 0 radical (unpaired) electrons. The second-order valence-corrected chi connectivity index (χ2v) is 5.86. The highest BCUT2D eigenvalue weighted by atomic mass is 19.1. The number of rotatable bonds is 3. The molecule has 0 unspecified atom stereocenters. The van der Waals surface area contributed by atoms with Crippen LogP contribution in [0.5, 0.6) is 0 Å². The topological polar surface area (TPSA) is 0 Å². The van der Waals surface area contributed by atoms with Gasteiger partial charge in [0.05, 0.1) is 23.6 Å². The molecule has 0 fully saturated rings. The molecule has 3 aromatic rings. The number of hydrogen-bond acceptors (Lipinski definition) is 0. The summed E-state index contributed by atoms with van der Waals surface area (Å²) in [5, 5.41) is 0. The van der Waals surface area contributed by atoms with Crippen LogP contribution in [0.3, 0.4) is 0 Å². The minimum atomic E-state index is -2.11. The van der Waals surface area contributed by atoms with Crippen molar-refractivity contribution >= 4 is 22.5 Å². The van der Waals surface area contributed by atoms with Crippen LogP contribution >= 0.6 is 0 Å². The summed E-state index contributed by atoms with van der Waals surface area (Å²) in [5.74, 6) is -1.41. The van der Waals surface area contributed by atoms with Crippen LogP contribution in [0.2, 0.25) is 6.82 Å². The number of benzene rings is 3. The molecule has 4 heteroatoms. The van der Waals surface area contributed by atoms with E-state index in [0.717, 1.165) is 0 Å². The Hall–Kier alpha value is -2.49. The Morgan fingerprint density at radius 2 is 0.783 bits per heavy atom. The van der Waals surface area contributed by atoms with Gasteiger partial charge in [-0.25, -0.2) is 13.2 Å². The summed E-state index contributed by atoms with van der Waals surface area (Å²) in [6, 6.07) is 18.5. The second-order valence-electron chi connectivity index (χ2n) is 5.86.